The molecule has 168 valence electrons. The zero-order valence-electron chi connectivity index (χ0n) is 17.9. The quantitative estimate of drug-likeness (QED) is 0.522. The molecule has 0 aromatic rings. The number of hydrogen-bond donors (Lipinski definition) is 1. The fourth-order valence-corrected chi connectivity index (χ4v) is 8.59. The van der Waals surface area contributed by atoms with Crippen LogP contribution in [-0.4, -0.2) is 80.6 Å². The van der Waals surface area contributed by atoms with Gasteiger partial charge in [-0.1, -0.05) is 37.5 Å². The minimum absolute atomic E-state index is 0.0499. The first-order valence-electron chi connectivity index (χ1n) is 11.4. The first kappa shape index (κ1) is 21.1. The van der Waals surface area contributed by atoms with Crippen molar-refractivity contribution in [2.45, 2.75) is 60.6 Å². The van der Waals surface area contributed by atoms with Gasteiger partial charge >= 0.3 is 5.97 Å². The number of fused-ring (bicyclic) bond motifs is 2. The molecule has 31 heavy (non-hydrogen) atoms. The van der Waals surface area contributed by atoms with Crippen LogP contribution >= 0.6 is 11.8 Å². The van der Waals surface area contributed by atoms with Crippen LogP contribution in [0.4, 0.5) is 0 Å². The summed E-state index contributed by atoms with van der Waals surface area (Å²) in [5.41, 5.74) is 0. The molecule has 0 bridgehead atoms. The summed E-state index contributed by atoms with van der Waals surface area (Å²) >= 11 is 1.55. The molecule has 1 saturated carbocycles. The van der Waals surface area contributed by atoms with Crippen molar-refractivity contribution in [2.24, 2.45) is 11.8 Å². The van der Waals surface area contributed by atoms with E-state index >= 15 is 0 Å². The maximum absolute atomic E-state index is 14.0. The molecule has 8 heteroatoms. The summed E-state index contributed by atoms with van der Waals surface area (Å²) in [5.74, 6) is -1.99. The highest BCUT2D eigenvalue weighted by atomic mass is 32.2. The minimum atomic E-state index is -0.840. The van der Waals surface area contributed by atoms with Crippen molar-refractivity contribution in [2.75, 3.05) is 26.3 Å². The number of amides is 2. The Labute approximate surface area is 186 Å². The van der Waals surface area contributed by atoms with Gasteiger partial charge in [0.1, 0.15) is 12.6 Å². The van der Waals surface area contributed by atoms with Gasteiger partial charge in [-0.05, 0) is 25.8 Å². The monoisotopic (exact) mass is 446 g/mol. The van der Waals surface area contributed by atoms with E-state index < -0.39 is 27.4 Å². The minimum Gasteiger partial charge on any atom is -0.461 e. The van der Waals surface area contributed by atoms with Crippen LogP contribution in [-0.2, 0) is 19.1 Å². The van der Waals surface area contributed by atoms with E-state index in [0.717, 1.165) is 25.7 Å². The summed E-state index contributed by atoms with van der Waals surface area (Å²) in [4.78, 5) is 44.2. The number of carbonyl (C=O) groups excluding carboxylic acids is 3. The van der Waals surface area contributed by atoms with Crippen molar-refractivity contribution < 1.29 is 24.2 Å². The molecule has 3 fully saturated rings. The fraction of sp³-hybridized carbons (Fsp3) is 0.696. The molecule has 2 saturated heterocycles. The third-order valence-corrected chi connectivity index (χ3v) is 9.50. The molecule has 0 radical (unpaired) electrons. The van der Waals surface area contributed by atoms with E-state index in [9.17, 15) is 19.5 Å². The van der Waals surface area contributed by atoms with Gasteiger partial charge in [-0.25, -0.2) is 0 Å². The maximum atomic E-state index is 14.0. The molecule has 5 atom stereocenters. The lowest BCUT2D eigenvalue weighted by atomic mass is 9.75. The van der Waals surface area contributed by atoms with E-state index in [0.29, 0.717) is 6.54 Å². The normalized spacial score (nSPS) is 40.3. The number of thioether (sulfide) groups is 1. The Morgan fingerprint density at radius 1 is 1.10 bits per heavy atom. The van der Waals surface area contributed by atoms with Crippen molar-refractivity contribution >= 4 is 29.5 Å². The summed E-state index contributed by atoms with van der Waals surface area (Å²) in [6, 6.07) is -0.531. The Hall–Kier alpha value is -1.80. The molecule has 0 aromatic carbocycles. The molecule has 1 spiro atoms. The molecule has 4 heterocycles. The number of β-amino-alcohol motifs (C(OH)–C–C–N with tert-alkyl or cyclic N) is 1. The second-order valence-corrected chi connectivity index (χ2v) is 11.3. The highest BCUT2D eigenvalue weighted by Crippen LogP contribution is 2.65. The summed E-state index contributed by atoms with van der Waals surface area (Å²) in [6.07, 6.45) is 13.2. The number of hydrogen-bond acceptors (Lipinski definition) is 6. The number of cyclic esters (lactones) is 1. The lowest BCUT2D eigenvalue weighted by Crippen LogP contribution is -2.56. The van der Waals surface area contributed by atoms with Gasteiger partial charge in [0.15, 0.2) is 0 Å². The van der Waals surface area contributed by atoms with E-state index in [1.165, 1.54) is 11.3 Å². The summed E-state index contributed by atoms with van der Waals surface area (Å²) in [6.45, 7) is 2.57. The molecule has 2 amide bonds. The molecule has 5 rings (SSSR count). The first-order valence-corrected chi connectivity index (χ1v) is 12.2. The van der Waals surface area contributed by atoms with Crippen molar-refractivity contribution in [1.29, 1.82) is 0 Å². The smallest absolute Gasteiger partial charge is 0.311 e. The standard InChI is InChI=1S/C23H30N2O5S/c1-22-9-6-14-30-21(29)17(22)16-19(27)25(12-13-26)18-20(28)24(15-7-3-2-4-8-15)11-5-10-23(16,18)31-22/h5-6,9-10,15-18,26H,2-4,7-8,11-14H2,1H3/t16-,17-,18?,22+,23-/m0/s1. The van der Waals surface area contributed by atoms with Crippen molar-refractivity contribution in [3.8, 4) is 0 Å². The van der Waals surface area contributed by atoms with E-state index in [4.69, 9.17) is 4.74 Å². The van der Waals surface area contributed by atoms with Crippen LogP contribution in [0.25, 0.3) is 0 Å². The third kappa shape index (κ3) is 3.01. The van der Waals surface area contributed by atoms with Gasteiger partial charge < -0.3 is 19.6 Å². The first-order chi connectivity index (χ1) is 14.9. The van der Waals surface area contributed by atoms with Crippen LogP contribution in [0, 0.1) is 11.8 Å². The van der Waals surface area contributed by atoms with Crippen LogP contribution < -0.4 is 0 Å². The highest BCUT2D eigenvalue weighted by molar-refractivity contribution is 8.02. The number of carbonyl (C=O) groups is 3. The number of ether oxygens (including phenoxy) is 1. The molecular formula is C23H30N2O5S. The van der Waals surface area contributed by atoms with Crippen molar-refractivity contribution in [3.05, 3.63) is 24.3 Å². The number of esters is 1. The van der Waals surface area contributed by atoms with Crippen molar-refractivity contribution in [3.63, 3.8) is 0 Å². The van der Waals surface area contributed by atoms with E-state index in [1.807, 2.05) is 36.1 Å². The lowest BCUT2D eigenvalue weighted by molar-refractivity contribution is -0.152. The Morgan fingerprint density at radius 2 is 1.87 bits per heavy atom. The van der Waals surface area contributed by atoms with Gasteiger partial charge in [0, 0.05) is 23.9 Å². The average molecular weight is 447 g/mol. The summed E-state index contributed by atoms with van der Waals surface area (Å²) in [5, 5.41) is 9.70. The van der Waals surface area contributed by atoms with Crippen LogP contribution in [0.5, 0.6) is 0 Å². The second kappa shape index (κ2) is 7.66. The molecule has 0 aromatic heterocycles. The van der Waals surface area contributed by atoms with Gasteiger partial charge in [-0.15, -0.1) is 11.8 Å². The average Bonchev–Trinajstić information content (AvgIpc) is 3.00. The Bertz CT molecular complexity index is 853. The van der Waals surface area contributed by atoms with Gasteiger partial charge in [0.2, 0.25) is 11.8 Å². The Balaban J connectivity index is 1.60. The molecule has 4 aliphatic heterocycles. The van der Waals surface area contributed by atoms with Gasteiger partial charge in [-0.2, -0.15) is 0 Å². The summed E-state index contributed by atoms with van der Waals surface area (Å²) < 4.78 is 3.94. The van der Waals surface area contributed by atoms with Gasteiger partial charge in [0.25, 0.3) is 0 Å². The predicted molar refractivity (Wildman–Crippen MR) is 116 cm³/mol. The second-order valence-electron chi connectivity index (χ2n) is 9.47. The zero-order chi connectivity index (χ0) is 21.8. The highest BCUT2D eigenvalue weighted by Gasteiger charge is 2.74. The van der Waals surface area contributed by atoms with Crippen LogP contribution in [0.2, 0.25) is 0 Å². The molecule has 7 nitrogen and oxygen atoms in total. The topological polar surface area (TPSA) is 87.1 Å². The fourth-order valence-electron chi connectivity index (χ4n) is 6.44. The number of aliphatic hydroxyl groups excluding tert-OH is 1. The largest absolute Gasteiger partial charge is 0.461 e. The molecule has 1 N–H and O–H groups in total. The van der Waals surface area contributed by atoms with E-state index in [-0.39, 0.29) is 43.6 Å². The molecular weight excluding hydrogens is 416 g/mol. The van der Waals surface area contributed by atoms with Gasteiger partial charge in [-0.3, -0.25) is 14.4 Å². The molecule has 5 aliphatic rings. The zero-order valence-corrected chi connectivity index (χ0v) is 18.7. The molecule has 1 aliphatic carbocycles. The van der Waals surface area contributed by atoms with E-state index in [1.54, 1.807) is 11.8 Å². The predicted octanol–water partition coefficient (Wildman–Crippen LogP) is 1.51. The summed E-state index contributed by atoms with van der Waals surface area (Å²) in [7, 11) is 0. The number of likely N-dealkylation sites (tertiary alicyclic amines) is 1. The van der Waals surface area contributed by atoms with Gasteiger partial charge in [0.05, 0.1) is 23.2 Å². The van der Waals surface area contributed by atoms with Crippen LogP contribution in [0.1, 0.15) is 39.0 Å². The lowest BCUT2D eigenvalue weighted by Gasteiger charge is -2.39. The van der Waals surface area contributed by atoms with Crippen molar-refractivity contribution in [1.82, 2.24) is 9.80 Å². The Morgan fingerprint density at radius 3 is 2.61 bits per heavy atom. The van der Waals surface area contributed by atoms with E-state index in [2.05, 4.69) is 0 Å². The van der Waals surface area contributed by atoms with Crippen LogP contribution in [0.3, 0.4) is 0 Å². The maximum Gasteiger partial charge on any atom is 0.311 e. The third-order valence-electron chi connectivity index (χ3n) is 7.70. The van der Waals surface area contributed by atoms with Crippen LogP contribution in [0.15, 0.2) is 24.3 Å². The Kier molecular flexibility index (Phi) is 5.20. The number of nitrogens with zero attached hydrogens (tertiary/aromatic N) is 2. The number of rotatable bonds is 3. The molecule has 1 unspecified atom stereocenters. The SMILES string of the molecule is C[C@@]12C=CCOC(=O)[C@@H]1[C@H]1C(=O)N(CCO)C3C(=O)N(C4CCCCC4)CC=C[C@@]31S2. The number of aliphatic hydroxyl groups is 1.